The second-order valence-electron chi connectivity index (χ2n) is 2.96. The normalized spacial score (nSPS) is 17.7. The first-order chi connectivity index (χ1) is 6.56. The standard InChI is InChI=1S/C9H7FO2S2/c10-8-3-1-2-7-6(4-13)5-14(11,12)9(7)8/h1-3,5,13H,4H2. The SMILES string of the molecule is O=S1(=O)C=C(CS)c2cccc(F)c21. The van der Waals surface area contributed by atoms with E-state index in [0.29, 0.717) is 11.1 Å². The number of halogens is 1. The molecule has 0 atom stereocenters. The average Bonchev–Trinajstić information content (AvgIpc) is 2.39. The van der Waals surface area contributed by atoms with Crippen molar-refractivity contribution in [1.82, 2.24) is 0 Å². The van der Waals surface area contributed by atoms with E-state index >= 15 is 0 Å². The van der Waals surface area contributed by atoms with Gasteiger partial charge in [-0.15, -0.1) is 0 Å². The van der Waals surface area contributed by atoms with E-state index in [2.05, 4.69) is 12.6 Å². The molecular formula is C9H7FO2S2. The Morgan fingerprint density at radius 1 is 1.36 bits per heavy atom. The van der Waals surface area contributed by atoms with Crippen LogP contribution in [0.25, 0.3) is 5.57 Å². The van der Waals surface area contributed by atoms with E-state index in [9.17, 15) is 12.8 Å². The van der Waals surface area contributed by atoms with Crippen LogP contribution < -0.4 is 0 Å². The summed E-state index contributed by atoms with van der Waals surface area (Å²) in [6.45, 7) is 0. The van der Waals surface area contributed by atoms with E-state index in [-0.39, 0.29) is 10.6 Å². The van der Waals surface area contributed by atoms with Gasteiger partial charge < -0.3 is 0 Å². The summed E-state index contributed by atoms with van der Waals surface area (Å²) in [6.07, 6.45) is 0. The fourth-order valence-electron chi connectivity index (χ4n) is 1.48. The van der Waals surface area contributed by atoms with Crippen LogP contribution >= 0.6 is 12.6 Å². The molecule has 1 heterocycles. The summed E-state index contributed by atoms with van der Waals surface area (Å²) in [5.74, 6) is -0.411. The highest BCUT2D eigenvalue weighted by Crippen LogP contribution is 2.35. The minimum absolute atomic E-state index is 0.218. The third-order valence-corrected chi connectivity index (χ3v) is 3.98. The number of rotatable bonds is 1. The van der Waals surface area contributed by atoms with Gasteiger partial charge in [0.15, 0.2) is 0 Å². The van der Waals surface area contributed by atoms with Gasteiger partial charge in [0.2, 0.25) is 9.84 Å². The molecule has 0 spiro atoms. The van der Waals surface area contributed by atoms with Crippen molar-refractivity contribution in [3.05, 3.63) is 35.0 Å². The largest absolute Gasteiger partial charge is 0.219 e. The summed E-state index contributed by atoms with van der Waals surface area (Å²) < 4.78 is 36.2. The van der Waals surface area contributed by atoms with E-state index in [1.807, 2.05) is 0 Å². The van der Waals surface area contributed by atoms with Crippen LogP contribution in [0.2, 0.25) is 0 Å². The molecule has 0 saturated carbocycles. The zero-order valence-electron chi connectivity index (χ0n) is 7.07. The topological polar surface area (TPSA) is 34.1 Å². The minimum atomic E-state index is -3.58. The van der Waals surface area contributed by atoms with Crippen molar-refractivity contribution in [2.45, 2.75) is 4.90 Å². The quantitative estimate of drug-likeness (QED) is 0.747. The number of thiol groups is 1. The van der Waals surface area contributed by atoms with Crippen LogP contribution in [0.3, 0.4) is 0 Å². The molecular weight excluding hydrogens is 223 g/mol. The highest BCUT2D eigenvalue weighted by Gasteiger charge is 2.29. The van der Waals surface area contributed by atoms with Crippen LogP contribution in [0.15, 0.2) is 28.5 Å². The molecule has 0 aromatic heterocycles. The van der Waals surface area contributed by atoms with Crippen LogP contribution in [0, 0.1) is 5.82 Å². The lowest BCUT2D eigenvalue weighted by Crippen LogP contribution is -1.97. The molecule has 1 aromatic rings. The van der Waals surface area contributed by atoms with Crippen molar-refractivity contribution in [3.8, 4) is 0 Å². The molecule has 0 unspecified atom stereocenters. The first kappa shape index (κ1) is 9.73. The molecule has 0 radical (unpaired) electrons. The fraction of sp³-hybridized carbons (Fsp3) is 0.111. The lowest BCUT2D eigenvalue weighted by atomic mass is 10.1. The monoisotopic (exact) mass is 230 g/mol. The molecule has 2 rings (SSSR count). The van der Waals surface area contributed by atoms with Crippen molar-refractivity contribution >= 4 is 28.0 Å². The molecule has 0 saturated heterocycles. The maximum atomic E-state index is 13.3. The minimum Gasteiger partial charge on any atom is -0.219 e. The molecule has 0 aliphatic carbocycles. The van der Waals surface area contributed by atoms with E-state index in [1.165, 1.54) is 6.07 Å². The van der Waals surface area contributed by atoms with Crippen molar-refractivity contribution in [2.75, 3.05) is 5.75 Å². The number of hydrogen-bond donors (Lipinski definition) is 1. The van der Waals surface area contributed by atoms with E-state index in [1.54, 1.807) is 6.07 Å². The van der Waals surface area contributed by atoms with E-state index < -0.39 is 15.7 Å². The third kappa shape index (κ3) is 1.27. The number of sulfone groups is 1. The van der Waals surface area contributed by atoms with Gasteiger partial charge >= 0.3 is 0 Å². The average molecular weight is 230 g/mol. The predicted octanol–water partition coefficient (Wildman–Crippen LogP) is 1.88. The van der Waals surface area contributed by atoms with Gasteiger partial charge in [0.25, 0.3) is 0 Å². The Hall–Kier alpha value is -0.810. The van der Waals surface area contributed by atoms with Crippen molar-refractivity contribution < 1.29 is 12.8 Å². The third-order valence-electron chi connectivity index (χ3n) is 2.07. The lowest BCUT2D eigenvalue weighted by molar-refractivity contribution is 0.573. The Bertz CT molecular complexity index is 518. The van der Waals surface area contributed by atoms with Crippen molar-refractivity contribution in [3.63, 3.8) is 0 Å². The van der Waals surface area contributed by atoms with E-state index in [4.69, 9.17) is 0 Å². The summed E-state index contributed by atoms with van der Waals surface area (Å²) in [7, 11) is -3.58. The van der Waals surface area contributed by atoms with Gasteiger partial charge in [0.05, 0.1) is 0 Å². The van der Waals surface area contributed by atoms with Crippen LogP contribution in [0.5, 0.6) is 0 Å². The van der Waals surface area contributed by atoms with Gasteiger partial charge in [-0.1, -0.05) is 12.1 Å². The summed E-state index contributed by atoms with van der Waals surface area (Å²) in [6, 6.07) is 4.23. The van der Waals surface area contributed by atoms with Gasteiger partial charge in [0, 0.05) is 16.7 Å². The smallest absolute Gasteiger partial charge is 0.203 e. The molecule has 2 nitrogen and oxygen atoms in total. The second-order valence-corrected chi connectivity index (χ2v) is 5.01. The maximum Gasteiger partial charge on any atom is 0.203 e. The molecule has 1 aromatic carbocycles. The van der Waals surface area contributed by atoms with Gasteiger partial charge in [-0.25, -0.2) is 12.8 Å². The Morgan fingerprint density at radius 2 is 2.07 bits per heavy atom. The maximum absolute atomic E-state index is 13.3. The fourth-order valence-corrected chi connectivity index (χ4v) is 3.42. The van der Waals surface area contributed by atoms with Crippen LogP contribution in [0.4, 0.5) is 4.39 Å². The lowest BCUT2D eigenvalue weighted by Gasteiger charge is -2.01. The molecule has 0 amide bonds. The van der Waals surface area contributed by atoms with Crippen LogP contribution in [-0.4, -0.2) is 14.2 Å². The van der Waals surface area contributed by atoms with Crippen molar-refractivity contribution in [2.24, 2.45) is 0 Å². The predicted molar refractivity (Wildman–Crippen MR) is 55.4 cm³/mol. The van der Waals surface area contributed by atoms with E-state index in [0.717, 1.165) is 11.5 Å². The molecule has 1 aliphatic rings. The number of benzene rings is 1. The number of hydrogen-bond acceptors (Lipinski definition) is 3. The first-order valence-corrected chi connectivity index (χ1v) is 6.09. The van der Waals surface area contributed by atoms with Gasteiger partial charge in [0.1, 0.15) is 10.7 Å². The Balaban J connectivity index is 2.82. The highest BCUT2D eigenvalue weighted by molar-refractivity contribution is 7.95. The zero-order valence-corrected chi connectivity index (χ0v) is 8.78. The Labute approximate surface area is 86.8 Å². The van der Waals surface area contributed by atoms with Gasteiger partial charge in [-0.05, 0) is 11.6 Å². The zero-order chi connectivity index (χ0) is 10.3. The summed E-state index contributed by atoms with van der Waals surface area (Å²) in [4.78, 5) is -0.218. The summed E-state index contributed by atoms with van der Waals surface area (Å²) >= 11 is 4.00. The highest BCUT2D eigenvalue weighted by atomic mass is 32.2. The second kappa shape index (κ2) is 3.10. The molecule has 1 aliphatic heterocycles. The van der Waals surface area contributed by atoms with Crippen LogP contribution in [-0.2, 0) is 9.84 Å². The molecule has 0 bridgehead atoms. The molecule has 0 N–H and O–H groups in total. The molecule has 74 valence electrons. The Morgan fingerprint density at radius 3 is 2.71 bits per heavy atom. The number of fused-ring (bicyclic) bond motifs is 1. The van der Waals surface area contributed by atoms with Gasteiger partial charge in [-0.2, -0.15) is 12.6 Å². The molecule has 0 fully saturated rings. The summed E-state index contributed by atoms with van der Waals surface area (Å²) in [5.41, 5.74) is 0.975. The molecule has 5 heteroatoms. The van der Waals surface area contributed by atoms with Gasteiger partial charge in [-0.3, -0.25) is 0 Å². The Kier molecular flexibility index (Phi) is 2.16. The van der Waals surface area contributed by atoms with Crippen molar-refractivity contribution in [1.29, 1.82) is 0 Å². The molecule has 14 heavy (non-hydrogen) atoms. The summed E-state index contributed by atoms with van der Waals surface area (Å²) in [5, 5.41) is 1.08. The van der Waals surface area contributed by atoms with Crippen LogP contribution in [0.1, 0.15) is 5.56 Å². The first-order valence-electron chi connectivity index (χ1n) is 3.91.